The van der Waals surface area contributed by atoms with Gasteiger partial charge in [0.2, 0.25) is 5.95 Å². The van der Waals surface area contributed by atoms with Gasteiger partial charge in [-0.05, 0) is 54.4 Å². The van der Waals surface area contributed by atoms with Crippen molar-refractivity contribution in [2.75, 3.05) is 24.2 Å². The molecule has 0 aliphatic rings. The summed E-state index contributed by atoms with van der Waals surface area (Å²) in [5.74, 6) is 1.39. The van der Waals surface area contributed by atoms with Crippen LogP contribution in [0.25, 0.3) is 0 Å². The molecule has 1 rings (SSSR count). The summed E-state index contributed by atoms with van der Waals surface area (Å²) in [7, 11) is 1.83. The lowest BCUT2D eigenvalue weighted by molar-refractivity contribution is 0.0526. The Hall–Kier alpha value is -2.05. The lowest BCUT2D eigenvalue weighted by Gasteiger charge is -2.27. The molecule has 1 aromatic heterocycles. The number of aromatic nitrogens is 2. The Kier molecular flexibility index (Phi) is 6.81. The molecule has 1 aromatic rings. The van der Waals surface area contributed by atoms with Crippen LogP contribution in [-0.2, 0) is 4.74 Å². The summed E-state index contributed by atoms with van der Waals surface area (Å²) in [4.78, 5) is 20.4. The Bertz CT molecular complexity index is 552. The van der Waals surface area contributed by atoms with Gasteiger partial charge in [-0.25, -0.2) is 9.78 Å². The zero-order valence-corrected chi connectivity index (χ0v) is 15.9. The molecule has 7 nitrogen and oxygen atoms in total. The molecule has 0 saturated carbocycles. The van der Waals surface area contributed by atoms with Crippen molar-refractivity contribution >= 4 is 17.9 Å². The maximum absolute atomic E-state index is 11.6. The maximum atomic E-state index is 11.6. The summed E-state index contributed by atoms with van der Waals surface area (Å²) in [5, 5.41) is 9.15. The molecule has 136 valence electrons. The average molecular weight is 337 g/mol. The highest BCUT2D eigenvalue weighted by Gasteiger charge is 2.20. The Morgan fingerprint density at radius 2 is 1.88 bits per heavy atom. The van der Waals surface area contributed by atoms with Crippen molar-refractivity contribution in [3.8, 4) is 0 Å². The summed E-state index contributed by atoms with van der Waals surface area (Å²) in [5.41, 5.74) is 0.242. The van der Waals surface area contributed by atoms with E-state index in [1.54, 1.807) is 0 Å². The molecule has 1 amide bonds. The third kappa shape index (κ3) is 7.99. The van der Waals surface area contributed by atoms with Gasteiger partial charge in [-0.2, -0.15) is 4.98 Å². The second-order valence-electron chi connectivity index (χ2n) is 7.51. The van der Waals surface area contributed by atoms with Gasteiger partial charge in [0.05, 0.1) is 0 Å². The van der Waals surface area contributed by atoms with Gasteiger partial charge < -0.3 is 20.7 Å². The number of ether oxygens (including phenoxy) is 1. The first-order chi connectivity index (χ1) is 11.0. The third-order valence-corrected chi connectivity index (χ3v) is 3.21. The molecule has 7 heteroatoms. The second-order valence-corrected chi connectivity index (χ2v) is 7.51. The number of carbonyl (C=O) groups excluding carboxylic acids is 1. The Labute approximate surface area is 145 Å². The van der Waals surface area contributed by atoms with Crippen LogP contribution in [0.4, 0.5) is 16.6 Å². The first-order valence-electron chi connectivity index (χ1n) is 8.29. The molecule has 1 heterocycles. The normalized spacial score (nSPS) is 11.8. The van der Waals surface area contributed by atoms with E-state index in [1.807, 2.05) is 40.8 Å². The lowest BCUT2D eigenvalue weighted by atomic mass is 9.99. The summed E-state index contributed by atoms with van der Waals surface area (Å²) < 4.78 is 5.21. The monoisotopic (exact) mass is 337 g/mol. The smallest absolute Gasteiger partial charge is 0.407 e. The minimum absolute atomic E-state index is 0.186. The first-order valence-corrected chi connectivity index (χ1v) is 8.29. The number of amides is 1. The maximum Gasteiger partial charge on any atom is 0.407 e. The molecular formula is C17H31N5O2. The molecule has 0 aliphatic carbocycles. The zero-order chi connectivity index (χ0) is 18.4. The molecule has 0 aliphatic heterocycles. The number of aryl methyl sites for hydroxylation is 1. The predicted octanol–water partition coefficient (Wildman–Crippen LogP) is 3.32. The minimum atomic E-state index is -0.474. The van der Waals surface area contributed by atoms with Crippen molar-refractivity contribution < 1.29 is 9.53 Å². The van der Waals surface area contributed by atoms with E-state index in [0.29, 0.717) is 12.5 Å². The molecule has 0 radical (unpaired) electrons. The number of anilines is 2. The highest BCUT2D eigenvalue weighted by molar-refractivity contribution is 5.67. The molecule has 3 N–H and O–H groups in total. The fourth-order valence-electron chi connectivity index (χ4n) is 2.15. The van der Waals surface area contributed by atoms with Crippen LogP contribution in [0.15, 0.2) is 6.07 Å². The van der Waals surface area contributed by atoms with Crippen LogP contribution in [0, 0.1) is 6.92 Å². The van der Waals surface area contributed by atoms with Crippen LogP contribution in [-0.4, -0.2) is 40.8 Å². The summed E-state index contributed by atoms with van der Waals surface area (Å²) in [6.07, 6.45) is 1.30. The van der Waals surface area contributed by atoms with Gasteiger partial charge in [0, 0.05) is 30.9 Å². The number of hydrogen-bond donors (Lipinski definition) is 3. The van der Waals surface area contributed by atoms with Crippen LogP contribution < -0.4 is 16.0 Å². The molecular weight excluding hydrogens is 306 g/mol. The predicted molar refractivity (Wildman–Crippen MR) is 97.5 cm³/mol. The first kappa shape index (κ1) is 20.0. The Morgan fingerprint density at radius 1 is 1.21 bits per heavy atom. The van der Waals surface area contributed by atoms with E-state index < -0.39 is 5.60 Å². The van der Waals surface area contributed by atoms with Crippen LogP contribution in [0.2, 0.25) is 0 Å². The van der Waals surface area contributed by atoms with Crippen LogP contribution in [0.3, 0.4) is 0 Å². The molecule has 0 aromatic carbocycles. The van der Waals surface area contributed by atoms with E-state index in [4.69, 9.17) is 4.74 Å². The molecule has 0 unspecified atom stereocenters. The van der Waals surface area contributed by atoms with Crippen molar-refractivity contribution in [2.24, 2.45) is 0 Å². The fraction of sp³-hybridized carbons (Fsp3) is 0.706. The van der Waals surface area contributed by atoms with Crippen molar-refractivity contribution in [1.29, 1.82) is 0 Å². The lowest BCUT2D eigenvalue weighted by Crippen LogP contribution is -2.35. The standard InChI is InChI=1S/C17H31N5O2/c1-12-11-13(18-7)21-14(20-12)22-17(5,6)9-8-10-19-15(23)24-16(2,3)4/h11H,8-10H2,1-7H3,(H,19,23)(H2,18,20,21,22). The Balaban J connectivity index is 2.44. The third-order valence-electron chi connectivity index (χ3n) is 3.21. The van der Waals surface area contributed by atoms with Gasteiger partial charge >= 0.3 is 6.09 Å². The molecule has 0 fully saturated rings. The number of alkyl carbamates (subject to hydrolysis) is 1. The number of nitrogens with one attached hydrogen (secondary N) is 3. The summed E-state index contributed by atoms with van der Waals surface area (Å²) in [6.45, 7) is 12.2. The molecule has 0 bridgehead atoms. The van der Waals surface area contributed by atoms with Crippen molar-refractivity contribution in [3.63, 3.8) is 0 Å². The van der Waals surface area contributed by atoms with Gasteiger partial charge in [-0.1, -0.05) is 0 Å². The van der Waals surface area contributed by atoms with Crippen LogP contribution in [0.5, 0.6) is 0 Å². The summed E-state index contributed by atoms with van der Waals surface area (Å²) in [6, 6.07) is 1.89. The second kappa shape index (κ2) is 8.17. The Morgan fingerprint density at radius 3 is 2.46 bits per heavy atom. The fourth-order valence-corrected chi connectivity index (χ4v) is 2.15. The highest BCUT2D eigenvalue weighted by Crippen LogP contribution is 2.18. The molecule has 0 spiro atoms. The minimum Gasteiger partial charge on any atom is -0.444 e. The van der Waals surface area contributed by atoms with Crippen molar-refractivity contribution in [1.82, 2.24) is 15.3 Å². The SMILES string of the molecule is CNc1cc(C)nc(NC(C)(C)CCCNC(=O)OC(C)(C)C)n1. The molecule has 24 heavy (non-hydrogen) atoms. The van der Waals surface area contributed by atoms with Gasteiger partial charge in [0.15, 0.2) is 0 Å². The van der Waals surface area contributed by atoms with Gasteiger partial charge in [-0.15, -0.1) is 0 Å². The van der Waals surface area contributed by atoms with Crippen LogP contribution >= 0.6 is 0 Å². The molecule has 0 atom stereocenters. The quantitative estimate of drug-likeness (QED) is 0.662. The van der Waals surface area contributed by atoms with Crippen molar-refractivity contribution in [3.05, 3.63) is 11.8 Å². The molecule has 0 saturated heterocycles. The topological polar surface area (TPSA) is 88.2 Å². The largest absolute Gasteiger partial charge is 0.444 e. The van der Waals surface area contributed by atoms with Crippen molar-refractivity contribution in [2.45, 2.75) is 65.5 Å². The average Bonchev–Trinajstić information content (AvgIpc) is 2.40. The summed E-state index contributed by atoms with van der Waals surface area (Å²) >= 11 is 0. The van der Waals surface area contributed by atoms with Gasteiger partial charge in [0.25, 0.3) is 0 Å². The van der Waals surface area contributed by atoms with E-state index in [9.17, 15) is 4.79 Å². The highest BCUT2D eigenvalue weighted by atomic mass is 16.6. The van der Waals surface area contributed by atoms with E-state index >= 15 is 0 Å². The van der Waals surface area contributed by atoms with E-state index in [1.165, 1.54) is 0 Å². The van der Waals surface area contributed by atoms with Gasteiger partial charge in [-0.3, -0.25) is 0 Å². The van der Waals surface area contributed by atoms with E-state index in [0.717, 1.165) is 24.4 Å². The van der Waals surface area contributed by atoms with E-state index in [-0.39, 0.29) is 11.6 Å². The van der Waals surface area contributed by atoms with E-state index in [2.05, 4.69) is 39.8 Å². The number of hydrogen-bond acceptors (Lipinski definition) is 6. The number of carbonyl (C=O) groups is 1. The number of nitrogens with zero attached hydrogens (tertiary/aromatic N) is 2. The number of rotatable bonds is 7. The van der Waals surface area contributed by atoms with Gasteiger partial charge in [0.1, 0.15) is 11.4 Å². The van der Waals surface area contributed by atoms with Crippen LogP contribution in [0.1, 0.15) is 53.2 Å². The zero-order valence-electron chi connectivity index (χ0n) is 15.9.